The normalized spacial score (nSPS) is 30.7. The Balaban J connectivity index is 1.59. The fourth-order valence-electron chi connectivity index (χ4n) is 6.04. The largest absolute Gasteiger partial charge is 0.465 e. The minimum absolute atomic E-state index is 0.0152. The van der Waals surface area contributed by atoms with Crippen molar-refractivity contribution < 1.29 is 31.8 Å². The number of ether oxygens (including phenoxy) is 1. The molecule has 0 aromatic heterocycles. The van der Waals surface area contributed by atoms with E-state index >= 15 is 0 Å². The van der Waals surface area contributed by atoms with E-state index in [2.05, 4.69) is 4.90 Å². The van der Waals surface area contributed by atoms with Crippen LogP contribution in [0.3, 0.4) is 0 Å². The summed E-state index contributed by atoms with van der Waals surface area (Å²) in [5.74, 6) is -1.24. The molecular formula is C24H35F2N3O5S. The number of halogens is 2. The number of likely N-dealkylation sites (tertiary alicyclic amines) is 1. The number of hydrogen-bond acceptors (Lipinski definition) is 5. The molecule has 0 radical (unpaired) electrons. The van der Waals surface area contributed by atoms with Crippen LogP contribution in [-0.4, -0.2) is 90.4 Å². The highest BCUT2D eigenvalue weighted by Crippen LogP contribution is 2.44. The fraction of sp³-hybridized carbons (Fsp3) is 0.708. The SMILES string of the molecule is CC(C)(C)N(C(=O)O)[C@H]1C[C@@H](N2CCC3(CCN(S(C)(=O)=O)C3)C2)CO[C@H]1c1cc(F)ccc1F. The summed E-state index contributed by atoms with van der Waals surface area (Å²) in [4.78, 5) is 15.9. The third-order valence-corrected chi connectivity index (χ3v) is 8.96. The lowest BCUT2D eigenvalue weighted by Crippen LogP contribution is -2.58. The van der Waals surface area contributed by atoms with E-state index in [9.17, 15) is 27.1 Å². The van der Waals surface area contributed by atoms with Gasteiger partial charge in [-0.15, -0.1) is 0 Å². The molecule has 3 fully saturated rings. The Hall–Kier alpha value is -1.82. The first-order chi connectivity index (χ1) is 16.2. The molecule has 1 aromatic rings. The molecular weight excluding hydrogens is 480 g/mol. The van der Waals surface area contributed by atoms with Crippen molar-refractivity contribution in [2.45, 2.75) is 63.8 Å². The molecule has 1 aromatic carbocycles. The van der Waals surface area contributed by atoms with Crippen LogP contribution in [0.25, 0.3) is 0 Å². The molecule has 0 saturated carbocycles. The van der Waals surface area contributed by atoms with E-state index in [1.165, 1.54) is 15.5 Å². The van der Waals surface area contributed by atoms with Crippen molar-refractivity contribution in [1.29, 1.82) is 0 Å². The molecule has 11 heteroatoms. The molecule has 4 rings (SSSR count). The van der Waals surface area contributed by atoms with Gasteiger partial charge in [0.15, 0.2) is 0 Å². The number of nitrogens with zero attached hydrogens (tertiary/aromatic N) is 3. The van der Waals surface area contributed by atoms with Crippen LogP contribution < -0.4 is 0 Å². The van der Waals surface area contributed by atoms with Crippen LogP contribution in [0.5, 0.6) is 0 Å². The Morgan fingerprint density at radius 3 is 2.49 bits per heavy atom. The molecule has 196 valence electrons. The average Bonchev–Trinajstić information content (AvgIpc) is 3.36. The minimum Gasteiger partial charge on any atom is -0.465 e. The van der Waals surface area contributed by atoms with Crippen LogP contribution >= 0.6 is 0 Å². The second-order valence-corrected chi connectivity index (χ2v) is 13.2. The van der Waals surface area contributed by atoms with E-state index in [4.69, 9.17) is 4.74 Å². The van der Waals surface area contributed by atoms with Crippen LogP contribution in [0.1, 0.15) is 51.7 Å². The molecule has 1 spiro atoms. The predicted molar refractivity (Wildman–Crippen MR) is 127 cm³/mol. The Morgan fingerprint density at radius 2 is 1.89 bits per heavy atom. The van der Waals surface area contributed by atoms with Gasteiger partial charge in [0.1, 0.15) is 17.7 Å². The number of carbonyl (C=O) groups is 1. The highest BCUT2D eigenvalue weighted by molar-refractivity contribution is 7.88. The van der Waals surface area contributed by atoms with Gasteiger partial charge in [0.2, 0.25) is 10.0 Å². The van der Waals surface area contributed by atoms with Crippen LogP contribution in [-0.2, 0) is 14.8 Å². The molecule has 1 amide bonds. The van der Waals surface area contributed by atoms with Crippen molar-refractivity contribution in [2.24, 2.45) is 5.41 Å². The van der Waals surface area contributed by atoms with Gasteiger partial charge in [-0.3, -0.25) is 9.80 Å². The highest BCUT2D eigenvalue weighted by atomic mass is 32.2. The van der Waals surface area contributed by atoms with Gasteiger partial charge in [0.25, 0.3) is 0 Å². The highest BCUT2D eigenvalue weighted by Gasteiger charge is 2.50. The van der Waals surface area contributed by atoms with Gasteiger partial charge in [0.05, 0.1) is 18.9 Å². The van der Waals surface area contributed by atoms with Crippen LogP contribution in [0.15, 0.2) is 18.2 Å². The summed E-state index contributed by atoms with van der Waals surface area (Å²) in [5.41, 5.74) is -0.903. The van der Waals surface area contributed by atoms with E-state index in [0.717, 1.165) is 37.6 Å². The Labute approximate surface area is 205 Å². The van der Waals surface area contributed by atoms with Gasteiger partial charge in [0, 0.05) is 36.8 Å². The van der Waals surface area contributed by atoms with Gasteiger partial charge in [-0.2, -0.15) is 0 Å². The van der Waals surface area contributed by atoms with Crippen molar-refractivity contribution in [3.8, 4) is 0 Å². The standard InChI is InChI=1S/C24H35F2N3O5S/c1-23(2,3)29(22(30)31)20-12-17(13-34-21(20)18-11-16(25)5-6-19(18)26)27-9-7-24(14-27)8-10-28(15-24)35(4,32)33/h5-6,11,17,20-21H,7-10,12-15H2,1-4H3,(H,30,31)/t17-,20+,21+,24?/m1/s1. The summed E-state index contributed by atoms with van der Waals surface area (Å²) < 4.78 is 60.5. The zero-order valence-electron chi connectivity index (χ0n) is 20.7. The Kier molecular flexibility index (Phi) is 6.93. The number of hydrogen-bond donors (Lipinski definition) is 1. The monoisotopic (exact) mass is 515 g/mol. The van der Waals surface area contributed by atoms with Gasteiger partial charge >= 0.3 is 6.09 Å². The molecule has 0 aliphatic carbocycles. The van der Waals surface area contributed by atoms with E-state index in [1.807, 2.05) is 0 Å². The molecule has 3 saturated heterocycles. The summed E-state index contributed by atoms with van der Waals surface area (Å²) in [5, 5.41) is 10.1. The fourth-order valence-corrected chi connectivity index (χ4v) is 6.97. The first kappa shape index (κ1) is 26.2. The molecule has 3 heterocycles. The lowest BCUT2D eigenvalue weighted by atomic mass is 9.86. The number of sulfonamides is 1. The molecule has 0 bridgehead atoms. The first-order valence-corrected chi connectivity index (χ1v) is 13.8. The number of rotatable bonds is 4. The van der Waals surface area contributed by atoms with Crippen molar-refractivity contribution in [3.05, 3.63) is 35.4 Å². The topological polar surface area (TPSA) is 90.4 Å². The Bertz CT molecular complexity index is 1080. The van der Waals surface area contributed by atoms with Crippen molar-refractivity contribution in [1.82, 2.24) is 14.1 Å². The lowest BCUT2D eigenvalue weighted by molar-refractivity contribution is -0.0995. The number of carboxylic acid groups (broad SMARTS) is 1. The van der Waals surface area contributed by atoms with E-state index in [1.54, 1.807) is 20.8 Å². The van der Waals surface area contributed by atoms with Crippen molar-refractivity contribution in [2.75, 3.05) is 39.0 Å². The third-order valence-electron chi connectivity index (χ3n) is 7.71. The summed E-state index contributed by atoms with van der Waals surface area (Å²) >= 11 is 0. The van der Waals surface area contributed by atoms with E-state index < -0.39 is 45.4 Å². The smallest absolute Gasteiger partial charge is 0.408 e. The second kappa shape index (κ2) is 9.24. The first-order valence-electron chi connectivity index (χ1n) is 12.0. The summed E-state index contributed by atoms with van der Waals surface area (Å²) in [6, 6.07) is 2.30. The van der Waals surface area contributed by atoms with Gasteiger partial charge in [-0.1, -0.05) is 0 Å². The average molecular weight is 516 g/mol. The summed E-state index contributed by atoms with van der Waals surface area (Å²) in [6.07, 6.45) is 1.18. The van der Waals surface area contributed by atoms with Crippen LogP contribution in [0, 0.1) is 17.0 Å². The van der Waals surface area contributed by atoms with Crippen LogP contribution in [0.4, 0.5) is 13.6 Å². The number of benzene rings is 1. The van der Waals surface area contributed by atoms with Gasteiger partial charge < -0.3 is 9.84 Å². The Morgan fingerprint density at radius 1 is 1.20 bits per heavy atom. The quantitative estimate of drug-likeness (QED) is 0.662. The van der Waals surface area contributed by atoms with Crippen molar-refractivity contribution >= 4 is 16.1 Å². The van der Waals surface area contributed by atoms with Crippen LogP contribution in [0.2, 0.25) is 0 Å². The predicted octanol–water partition coefficient (Wildman–Crippen LogP) is 3.30. The van der Waals surface area contributed by atoms with Crippen molar-refractivity contribution in [3.63, 3.8) is 0 Å². The maximum absolute atomic E-state index is 14.7. The maximum Gasteiger partial charge on any atom is 0.408 e. The van der Waals surface area contributed by atoms with E-state index in [0.29, 0.717) is 26.1 Å². The molecule has 3 aliphatic rings. The minimum atomic E-state index is -3.25. The lowest BCUT2D eigenvalue weighted by Gasteiger charge is -2.48. The zero-order valence-corrected chi connectivity index (χ0v) is 21.5. The molecule has 1 unspecified atom stereocenters. The maximum atomic E-state index is 14.7. The third kappa shape index (κ3) is 5.33. The number of amides is 1. The van der Waals surface area contributed by atoms with E-state index in [-0.39, 0.29) is 23.6 Å². The zero-order chi connectivity index (χ0) is 25.8. The second-order valence-electron chi connectivity index (χ2n) is 11.3. The molecule has 1 N–H and O–H groups in total. The molecule has 4 atom stereocenters. The molecule has 3 aliphatic heterocycles. The van der Waals surface area contributed by atoms with Gasteiger partial charge in [-0.05, 0) is 70.2 Å². The molecule has 35 heavy (non-hydrogen) atoms. The summed E-state index contributed by atoms with van der Waals surface area (Å²) in [7, 11) is -3.25. The van der Waals surface area contributed by atoms with Gasteiger partial charge in [-0.25, -0.2) is 26.3 Å². The molecule has 8 nitrogen and oxygen atoms in total. The summed E-state index contributed by atoms with van der Waals surface area (Å²) in [6.45, 7) is 8.00.